The van der Waals surface area contributed by atoms with Crippen molar-refractivity contribution in [3.8, 4) is 0 Å². The second-order valence-corrected chi connectivity index (χ2v) is 9.04. The van der Waals surface area contributed by atoms with E-state index in [2.05, 4.69) is 32.1 Å². The summed E-state index contributed by atoms with van der Waals surface area (Å²) in [6, 6.07) is 0. The molecule has 4 aliphatic rings. The largest absolute Gasteiger partial charge is 0.247 e. The summed E-state index contributed by atoms with van der Waals surface area (Å²) in [5, 5.41) is 0. The maximum atomic E-state index is 14.2. The van der Waals surface area contributed by atoms with Gasteiger partial charge in [-0.2, -0.15) is 0 Å². The maximum Gasteiger partial charge on any atom is 0.101 e. The fraction of sp³-hybridized carbons (Fsp3) is 0.810. The highest BCUT2D eigenvalue weighted by molar-refractivity contribution is 5.34. The summed E-state index contributed by atoms with van der Waals surface area (Å²) in [5.74, 6) is 2.71. The van der Waals surface area contributed by atoms with Crippen molar-refractivity contribution in [1.82, 2.24) is 0 Å². The van der Waals surface area contributed by atoms with Gasteiger partial charge in [-0.25, -0.2) is 4.39 Å². The van der Waals surface area contributed by atoms with Crippen LogP contribution in [0.25, 0.3) is 0 Å². The van der Waals surface area contributed by atoms with Crippen molar-refractivity contribution in [1.29, 1.82) is 0 Å². The molecule has 122 valence electrons. The van der Waals surface area contributed by atoms with Crippen molar-refractivity contribution >= 4 is 0 Å². The van der Waals surface area contributed by atoms with Gasteiger partial charge in [0.15, 0.2) is 0 Å². The van der Waals surface area contributed by atoms with E-state index in [9.17, 15) is 4.39 Å². The third kappa shape index (κ3) is 1.86. The average Bonchev–Trinajstić information content (AvgIpc) is 2.84. The van der Waals surface area contributed by atoms with Crippen molar-refractivity contribution in [3.63, 3.8) is 0 Å². The van der Waals surface area contributed by atoms with Gasteiger partial charge in [-0.3, -0.25) is 0 Å². The normalized spacial score (nSPS) is 51.5. The zero-order chi connectivity index (χ0) is 15.5. The molecule has 1 unspecified atom stereocenters. The molecule has 0 heterocycles. The van der Waals surface area contributed by atoms with Crippen LogP contribution in [-0.2, 0) is 0 Å². The van der Waals surface area contributed by atoms with Gasteiger partial charge in [0.25, 0.3) is 0 Å². The highest BCUT2D eigenvalue weighted by atomic mass is 19.1. The van der Waals surface area contributed by atoms with Crippen molar-refractivity contribution in [3.05, 3.63) is 23.8 Å². The first-order chi connectivity index (χ1) is 10.5. The fourth-order valence-electron chi connectivity index (χ4n) is 7.09. The fourth-order valence-corrected chi connectivity index (χ4v) is 7.09. The van der Waals surface area contributed by atoms with Gasteiger partial charge in [-0.15, -0.1) is 0 Å². The minimum Gasteiger partial charge on any atom is -0.247 e. The predicted molar refractivity (Wildman–Crippen MR) is 90.3 cm³/mol. The van der Waals surface area contributed by atoms with E-state index < -0.39 is 6.17 Å². The van der Waals surface area contributed by atoms with E-state index >= 15 is 0 Å². The molecule has 7 atom stereocenters. The molecular weight excluding hydrogens is 271 g/mol. The SMILES string of the molecule is CC(F)[C@H]1CC[C@H]2[C@@H]3CC=C4C=CCC[C@]4(C)[C@H]3CC[C@]12C. The molecule has 0 aromatic rings. The van der Waals surface area contributed by atoms with Gasteiger partial charge in [0.05, 0.1) is 0 Å². The molecule has 2 fully saturated rings. The number of alkyl halides is 1. The summed E-state index contributed by atoms with van der Waals surface area (Å²) in [7, 11) is 0. The lowest BCUT2D eigenvalue weighted by molar-refractivity contribution is -0.0473. The monoisotopic (exact) mass is 302 g/mol. The van der Waals surface area contributed by atoms with E-state index in [0.717, 1.165) is 24.2 Å². The minimum atomic E-state index is -0.630. The Hall–Kier alpha value is -0.590. The molecule has 0 N–H and O–H groups in total. The van der Waals surface area contributed by atoms with Crippen molar-refractivity contribution in [2.45, 2.75) is 71.9 Å². The molecule has 0 aromatic heterocycles. The molecule has 0 aliphatic heterocycles. The quantitative estimate of drug-likeness (QED) is 0.550. The highest BCUT2D eigenvalue weighted by Gasteiger charge is 2.58. The van der Waals surface area contributed by atoms with Crippen LogP contribution in [0.5, 0.6) is 0 Å². The number of fused-ring (bicyclic) bond motifs is 5. The molecule has 0 nitrogen and oxygen atoms in total. The van der Waals surface area contributed by atoms with Gasteiger partial charge in [0.1, 0.15) is 6.17 Å². The molecule has 0 aromatic carbocycles. The first-order valence-corrected chi connectivity index (χ1v) is 9.48. The van der Waals surface area contributed by atoms with Crippen LogP contribution < -0.4 is 0 Å². The zero-order valence-corrected chi connectivity index (χ0v) is 14.4. The highest BCUT2D eigenvalue weighted by Crippen LogP contribution is 2.66. The Kier molecular flexibility index (Phi) is 3.37. The van der Waals surface area contributed by atoms with Gasteiger partial charge >= 0.3 is 0 Å². The van der Waals surface area contributed by atoms with E-state index in [1.807, 2.05) is 0 Å². The molecule has 0 spiro atoms. The van der Waals surface area contributed by atoms with Crippen LogP contribution in [0.2, 0.25) is 0 Å². The van der Waals surface area contributed by atoms with Crippen LogP contribution >= 0.6 is 0 Å². The minimum absolute atomic E-state index is 0.265. The van der Waals surface area contributed by atoms with Gasteiger partial charge in [-0.05, 0) is 91.9 Å². The van der Waals surface area contributed by atoms with Gasteiger partial charge < -0.3 is 0 Å². The molecule has 0 bridgehead atoms. The Morgan fingerprint density at radius 3 is 2.73 bits per heavy atom. The lowest BCUT2D eigenvalue weighted by Gasteiger charge is -2.57. The summed E-state index contributed by atoms with van der Waals surface area (Å²) in [4.78, 5) is 0. The van der Waals surface area contributed by atoms with Gasteiger partial charge in [0, 0.05) is 0 Å². The number of allylic oxidation sites excluding steroid dienone is 4. The second-order valence-electron chi connectivity index (χ2n) is 9.04. The third-order valence-corrected chi connectivity index (χ3v) is 8.28. The summed E-state index contributed by atoms with van der Waals surface area (Å²) < 4.78 is 14.2. The molecule has 0 amide bonds. The van der Waals surface area contributed by atoms with Gasteiger partial charge in [-0.1, -0.05) is 32.1 Å². The lowest BCUT2D eigenvalue weighted by Crippen LogP contribution is -2.49. The van der Waals surface area contributed by atoms with Crippen LogP contribution in [0.4, 0.5) is 4.39 Å². The molecule has 4 rings (SSSR count). The van der Waals surface area contributed by atoms with Crippen molar-refractivity contribution in [2.75, 3.05) is 0 Å². The van der Waals surface area contributed by atoms with Crippen LogP contribution in [-0.4, -0.2) is 6.17 Å². The number of rotatable bonds is 1. The Morgan fingerprint density at radius 2 is 1.95 bits per heavy atom. The van der Waals surface area contributed by atoms with E-state index in [1.54, 1.807) is 12.5 Å². The zero-order valence-electron chi connectivity index (χ0n) is 14.4. The van der Waals surface area contributed by atoms with Crippen LogP contribution in [0.1, 0.15) is 65.7 Å². The smallest absolute Gasteiger partial charge is 0.101 e. The topological polar surface area (TPSA) is 0 Å². The number of halogens is 1. The lowest BCUT2D eigenvalue weighted by atomic mass is 9.48. The maximum absolute atomic E-state index is 14.2. The number of hydrogen-bond acceptors (Lipinski definition) is 0. The Labute approximate surface area is 135 Å². The molecular formula is C21H31F. The van der Waals surface area contributed by atoms with Gasteiger partial charge in [0.2, 0.25) is 0 Å². The van der Waals surface area contributed by atoms with E-state index in [0.29, 0.717) is 11.3 Å². The summed E-state index contributed by atoms with van der Waals surface area (Å²) in [6.07, 6.45) is 15.4. The van der Waals surface area contributed by atoms with E-state index in [1.165, 1.54) is 38.5 Å². The van der Waals surface area contributed by atoms with E-state index in [-0.39, 0.29) is 5.41 Å². The third-order valence-electron chi connectivity index (χ3n) is 8.28. The summed E-state index contributed by atoms with van der Waals surface area (Å²) >= 11 is 0. The Bertz CT molecular complexity index is 516. The van der Waals surface area contributed by atoms with Crippen molar-refractivity contribution in [2.24, 2.45) is 34.5 Å². The molecule has 0 saturated heterocycles. The summed E-state index contributed by atoms with van der Waals surface area (Å²) in [5.41, 5.74) is 2.27. The molecule has 22 heavy (non-hydrogen) atoms. The Morgan fingerprint density at radius 1 is 1.14 bits per heavy atom. The Balaban J connectivity index is 1.68. The molecule has 1 heteroatoms. The van der Waals surface area contributed by atoms with E-state index in [4.69, 9.17) is 0 Å². The molecule has 2 saturated carbocycles. The molecule has 4 aliphatic carbocycles. The van der Waals surface area contributed by atoms with Crippen LogP contribution in [0, 0.1) is 34.5 Å². The average molecular weight is 302 g/mol. The summed E-state index contributed by atoms with van der Waals surface area (Å²) in [6.45, 7) is 6.74. The standard InChI is InChI=1S/C21H31F/c1-14(22)17-9-10-18-16-8-7-15-6-4-5-12-20(15,2)19(16)11-13-21(17,18)3/h4,6-7,14,16-19H,5,8-13H2,1-3H3/t14?,16-,17+,18-,19-,20-,21+/m0/s1. The number of hydrogen-bond donors (Lipinski definition) is 0. The second kappa shape index (κ2) is 4.95. The van der Waals surface area contributed by atoms with Crippen LogP contribution in [0.15, 0.2) is 23.8 Å². The predicted octanol–water partition coefficient (Wildman–Crippen LogP) is 6.09. The van der Waals surface area contributed by atoms with Crippen LogP contribution in [0.3, 0.4) is 0 Å². The first-order valence-electron chi connectivity index (χ1n) is 9.48. The van der Waals surface area contributed by atoms with Crippen molar-refractivity contribution < 1.29 is 4.39 Å². The molecule has 0 radical (unpaired) electrons. The first kappa shape index (κ1) is 15.0.